The third-order valence-electron chi connectivity index (χ3n) is 4.15. The van der Waals surface area contributed by atoms with Crippen LogP contribution in [0.1, 0.15) is 47.5 Å². The lowest BCUT2D eigenvalue weighted by Gasteiger charge is -2.25. The first-order valence-corrected chi connectivity index (χ1v) is 8.72. The van der Waals surface area contributed by atoms with Crippen molar-refractivity contribution in [3.63, 3.8) is 0 Å². The summed E-state index contributed by atoms with van der Waals surface area (Å²) in [6.45, 7) is 14.3. The number of carbonyl (C=O) groups is 1. The first kappa shape index (κ1) is 25.7. The largest absolute Gasteiger partial charge is 0.359 e. The predicted octanol–water partition coefficient (Wildman–Crippen LogP) is 2.05. The van der Waals surface area contributed by atoms with Gasteiger partial charge in [-0.1, -0.05) is 13.8 Å². The van der Waals surface area contributed by atoms with E-state index in [-0.39, 0.29) is 29.9 Å². The molecule has 144 valence electrons. The van der Waals surface area contributed by atoms with E-state index in [1.807, 2.05) is 13.8 Å². The van der Waals surface area contributed by atoms with Gasteiger partial charge in [-0.3, -0.25) is 9.79 Å². The Balaban J connectivity index is 0. The molecule has 0 saturated carbocycles. The summed E-state index contributed by atoms with van der Waals surface area (Å²) in [5, 5.41) is 9.33. The van der Waals surface area contributed by atoms with Gasteiger partial charge in [-0.2, -0.15) is 0 Å². The number of carbonyl (C=O) groups excluding carboxylic acids is 1. The lowest BCUT2D eigenvalue weighted by molar-refractivity contribution is -0.128. The standard InChI is InChI=1S/C17H37N5O.HI/c1-8-22(9-2)12-10-11-14(3)21-16(19-7)20-13-17(4,5)15(23)18-6;/h14H,8-13H2,1-7H3,(H,18,23)(H2,19,20,21);1H. The summed E-state index contributed by atoms with van der Waals surface area (Å²) in [6.07, 6.45) is 2.26. The second-order valence-corrected chi connectivity index (χ2v) is 6.60. The molecule has 0 aromatic carbocycles. The molecule has 3 N–H and O–H groups in total. The van der Waals surface area contributed by atoms with Crippen molar-refractivity contribution in [3.05, 3.63) is 0 Å². The third-order valence-corrected chi connectivity index (χ3v) is 4.15. The molecule has 7 heteroatoms. The fourth-order valence-corrected chi connectivity index (χ4v) is 2.38. The maximum atomic E-state index is 11.8. The highest BCUT2D eigenvalue weighted by Gasteiger charge is 2.26. The van der Waals surface area contributed by atoms with E-state index in [2.05, 4.69) is 46.6 Å². The zero-order valence-electron chi connectivity index (χ0n) is 16.5. The van der Waals surface area contributed by atoms with Crippen LogP contribution in [-0.4, -0.2) is 63.1 Å². The van der Waals surface area contributed by atoms with Crippen LogP contribution in [0, 0.1) is 5.41 Å². The Hall–Kier alpha value is -0.570. The number of amides is 1. The summed E-state index contributed by atoms with van der Waals surface area (Å²) >= 11 is 0. The molecule has 0 bridgehead atoms. The highest BCUT2D eigenvalue weighted by molar-refractivity contribution is 14.0. The third kappa shape index (κ3) is 10.3. The van der Waals surface area contributed by atoms with Crippen molar-refractivity contribution in [1.29, 1.82) is 0 Å². The molecule has 0 heterocycles. The molecule has 0 rings (SSSR count). The Morgan fingerprint density at radius 2 is 1.83 bits per heavy atom. The summed E-state index contributed by atoms with van der Waals surface area (Å²) in [5.74, 6) is 0.769. The van der Waals surface area contributed by atoms with Crippen LogP contribution in [0.3, 0.4) is 0 Å². The van der Waals surface area contributed by atoms with Crippen LogP contribution < -0.4 is 16.0 Å². The molecule has 6 nitrogen and oxygen atoms in total. The maximum absolute atomic E-state index is 11.8. The SMILES string of the molecule is CCN(CC)CCCC(C)NC(=NC)NCC(C)(C)C(=O)NC.I. The van der Waals surface area contributed by atoms with Gasteiger partial charge in [0.15, 0.2) is 5.96 Å². The van der Waals surface area contributed by atoms with E-state index < -0.39 is 5.41 Å². The molecule has 0 fully saturated rings. The molecule has 0 aromatic heterocycles. The van der Waals surface area contributed by atoms with Gasteiger partial charge in [-0.25, -0.2) is 0 Å². The van der Waals surface area contributed by atoms with Gasteiger partial charge >= 0.3 is 0 Å². The van der Waals surface area contributed by atoms with Crippen LogP contribution in [0.25, 0.3) is 0 Å². The number of rotatable bonds is 10. The van der Waals surface area contributed by atoms with Crippen molar-refractivity contribution in [2.45, 2.75) is 53.5 Å². The Morgan fingerprint density at radius 3 is 2.29 bits per heavy atom. The van der Waals surface area contributed by atoms with Crippen molar-refractivity contribution in [3.8, 4) is 0 Å². The zero-order valence-corrected chi connectivity index (χ0v) is 18.9. The van der Waals surface area contributed by atoms with Crippen LogP contribution in [-0.2, 0) is 4.79 Å². The molecule has 1 amide bonds. The lowest BCUT2D eigenvalue weighted by atomic mass is 9.92. The van der Waals surface area contributed by atoms with Crippen molar-refractivity contribution in [2.75, 3.05) is 40.3 Å². The molecule has 0 saturated heterocycles. The van der Waals surface area contributed by atoms with E-state index in [1.54, 1.807) is 14.1 Å². The summed E-state index contributed by atoms with van der Waals surface area (Å²) in [4.78, 5) is 18.5. The molecule has 0 aliphatic carbocycles. The number of aliphatic imine (C=N–C) groups is 1. The Kier molecular flexibility index (Phi) is 14.6. The van der Waals surface area contributed by atoms with Crippen molar-refractivity contribution < 1.29 is 4.79 Å². The van der Waals surface area contributed by atoms with Crippen LogP contribution in [0.15, 0.2) is 4.99 Å². The van der Waals surface area contributed by atoms with Crippen LogP contribution in [0.5, 0.6) is 0 Å². The number of hydrogen-bond acceptors (Lipinski definition) is 3. The minimum atomic E-state index is -0.474. The number of halogens is 1. The first-order valence-electron chi connectivity index (χ1n) is 8.72. The monoisotopic (exact) mass is 455 g/mol. The number of nitrogens with zero attached hydrogens (tertiary/aromatic N) is 2. The lowest BCUT2D eigenvalue weighted by Crippen LogP contribution is -2.49. The van der Waals surface area contributed by atoms with Crippen LogP contribution in [0.2, 0.25) is 0 Å². The smallest absolute Gasteiger partial charge is 0.227 e. The van der Waals surface area contributed by atoms with Gasteiger partial charge in [0.2, 0.25) is 5.91 Å². The average Bonchev–Trinajstić information content (AvgIpc) is 2.54. The Morgan fingerprint density at radius 1 is 1.25 bits per heavy atom. The van der Waals surface area contributed by atoms with Gasteiger partial charge in [-0.15, -0.1) is 24.0 Å². The van der Waals surface area contributed by atoms with Crippen molar-refractivity contribution >= 4 is 35.8 Å². The van der Waals surface area contributed by atoms with E-state index in [4.69, 9.17) is 0 Å². The van der Waals surface area contributed by atoms with Crippen LogP contribution >= 0.6 is 24.0 Å². The van der Waals surface area contributed by atoms with E-state index in [0.717, 1.165) is 38.4 Å². The van der Waals surface area contributed by atoms with Gasteiger partial charge in [0, 0.05) is 26.7 Å². The summed E-state index contributed by atoms with van der Waals surface area (Å²) in [7, 11) is 3.42. The molecule has 0 spiro atoms. The average molecular weight is 455 g/mol. The molecule has 1 unspecified atom stereocenters. The topological polar surface area (TPSA) is 68.8 Å². The fraction of sp³-hybridized carbons (Fsp3) is 0.882. The van der Waals surface area contributed by atoms with Gasteiger partial charge in [-0.05, 0) is 53.2 Å². The quantitative estimate of drug-likeness (QED) is 0.268. The van der Waals surface area contributed by atoms with Gasteiger partial charge < -0.3 is 20.9 Å². The Labute approximate surface area is 165 Å². The second-order valence-electron chi connectivity index (χ2n) is 6.60. The minimum Gasteiger partial charge on any atom is -0.359 e. The number of guanidine groups is 1. The highest BCUT2D eigenvalue weighted by atomic mass is 127. The molecule has 0 aromatic rings. The van der Waals surface area contributed by atoms with Gasteiger partial charge in [0.1, 0.15) is 0 Å². The van der Waals surface area contributed by atoms with E-state index in [0.29, 0.717) is 12.6 Å². The second kappa shape index (κ2) is 13.7. The molecule has 0 aliphatic rings. The van der Waals surface area contributed by atoms with Crippen molar-refractivity contribution in [1.82, 2.24) is 20.9 Å². The summed E-state index contributed by atoms with van der Waals surface area (Å²) in [5.41, 5.74) is -0.474. The predicted molar refractivity (Wildman–Crippen MR) is 114 cm³/mol. The van der Waals surface area contributed by atoms with Crippen molar-refractivity contribution in [2.24, 2.45) is 10.4 Å². The highest BCUT2D eigenvalue weighted by Crippen LogP contribution is 2.12. The maximum Gasteiger partial charge on any atom is 0.227 e. The van der Waals surface area contributed by atoms with E-state index >= 15 is 0 Å². The molecule has 1 atom stereocenters. The Bertz CT molecular complexity index is 370. The number of nitrogens with one attached hydrogen (secondary N) is 3. The van der Waals surface area contributed by atoms with E-state index in [1.165, 1.54) is 0 Å². The van der Waals surface area contributed by atoms with Crippen LogP contribution in [0.4, 0.5) is 0 Å². The zero-order chi connectivity index (χ0) is 17.9. The summed E-state index contributed by atoms with van der Waals surface area (Å²) < 4.78 is 0. The molecule has 0 radical (unpaired) electrons. The molecular formula is C17H38IN5O. The number of hydrogen-bond donors (Lipinski definition) is 3. The van der Waals surface area contributed by atoms with Gasteiger partial charge in [0.25, 0.3) is 0 Å². The molecule has 24 heavy (non-hydrogen) atoms. The first-order chi connectivity index (χ1) is 10.8. The fourth-order valence-electron chi connectivity index (χ4n) is 2.38. The van der Waals surface area contributed by atoms with Gasteiger partial charge in [0.05, 0.1) is 5.41 Å². The van der Waals surface area contributed by atoms with E-state index in [9.17, 15) is 4.79 Å². The summed E-state index contributed by atoms with van der Waals surface area (Å²) in [6, 6.07) is 0.347. The molecular weight excluding hydrogens is 417 g/mol. The molecule has 0 aliphatic heterocycles. The minimum absolute atomic E-state index is 0. The normalized spacial score (nSPS) is 13.2.